The third kappa shape index (κ3) is 3.55. The number of nitrogens with one attached hydrogen (secondary N) is 1. The van der Waals surface area contributed by atoms with Crippen LogP contribution in [0.3, 0.4) is 0 Å². The highest BCUT2D eigenvalue weighted by Crippen LogP contribution is 2.36. The Morgan fingerprint density at radius 1 is 1.42 bits per heavy atom. The average Bonchev–Trinajstić information content (AvgIpc) is 3.16. The number of thiazole rings is 1. The summed E-state index contributed by atoms with van der Waals surface area (Å²) in [5, 5.41) is 3.31. The standard InChI is InChI=1S/C15H16F3N3O2S/c1-9-11(4-7-23-9)13(22)20-10-2-5-21(6-3-10)14-19-8-12(24-14)15(16,17)18/h4,7-8,10H,2-3,5-6H2,1H3,(H,20,22). The van der Waals surface area contributed by atoms with Gasteiger partial charge in [0.05, 0.1) is 18.0 Å². The van der Waals surface area contributed by atoms with Gasteiger partial charge in [0.1, 0.15) is 10.6 Å². The molecule has 3 heterocycles. The molecule has 3 rings (SSSR count). The molecule has 9 heteroatoms. The molecule has 0 unspecified atom stereocenters. The Bertz CT molecular complexity index is 718. The Kier molecular flexibility index (Phi) is 4.53. The third-order valence-corrected chi connectivity index (χ3v) is 5.08. The van der Waals surface area contributed by atoms with Gasteiger partial charge in [-0.2, -0.15) is 13.2 Å². The first kappa shape index (κ1) is 16.8. The number of nitrogens with zero attached hydrogens (tertiary/aromatic N) is 2. The van der Waals surface area contributed by atoms with E-state index in [1.54, 1.807) is 13.0 Å². The maximum Gasteiger partial charge on any atom is 0.427 e. The molecule has 1 aliphatic rings. The van der Waals surface area contributed by atoms with E-state index < -0.39 is 11.1 Å². The zero-order valence-electron chi connectivity index (χ0n) is 12.9. The minimum atomic E-state index is -4.36. The zero-order valence-corrected chi connectivity index (χ0v) is 13.7. The normalized spacial score (nSPS) is 16.4. The van der Waals surface area contributed by atoms with Crippen molar-refractivity contribution < 1.29 is 22.4 Å². The van der Waals surface area contributed by atoms with Crippen molar-refractivity contribution in [2.75, 3.05) is 18.0 Å². The number of aryl methyl sites for hydroxylation is 1. The number of hydrogen-bond acceptors (Lipinski definition) is 5. The summed E-state index contributed by atoms with van der Waals surface area (Å²) >= 11 is 0.652. The Labute approximate surface area is 140 Å². The first-order chi connectivity index (χ1) is 11.3. The number of hydrogen-bond donors (Lipinski definition) is 1. The Morgan fingerprint density at radius 2 is 2.12 bits per heavy atom. The van der Waals surface area contributed by atoms with E-state index in [9.17, 15) is 18.0 Å². The van der Waals surface area contributed by atoms with Gasteiger partial charge in [-0.25, -0.2) is 4.98 Å². The van der Waals surface area contributed by atoms with Gasteiger partial charge in [-0.3, -0.25) is 4.79 Å². The second-order valence-corrected chi connectivity index (χ2v) is 6.64. The second-order valence-electron chi connectivity index (χ2n) is 5.63. The van der Waals surface area contributed by atoms with Crippen LogP contribution < -0.4 is 10.2 Å². The number of furan rings is 1. The van der Waals surface area contributed by atoms with E-state index in [-0.39, 0.29) is 11.9 Å². The lowest BCUT2D eigenvalue weighted by Gasteiger charge is -2.32. The third-order valence-electron chi connectivity index (χ3n) is 3.98. The first-order valence-corrected chi connectivity index (χ1v) is 8.29. The van der Waals surface area contributed by atoms with Gasteiger partial charge in [0.15, 0.2) is 5.13 Å². The van der Waals surface area contributed by atoms with Gasteiger partial charge in [-0.15, -0.1) is 0 Å². The number of rotatable bonds is 3. The monoisotopic (exact) mass is 359 g/mol. The summed E-state index contributed by atoms with van der Waals surface area (Å²) in [5.74, 6) is 0.376. The smallest absolute Gasteiger partial charge is 0.427 e. The van der Waals surface area contributed by atoms with Gasteiger partial charge in [0.2, 0.25) is 0 Å². The largest absolute Gasteiger partial charge is 0.469 e. The van der Waals surface area contributed by atoms with Gasteiger partial charge in [-0.05, 0) is 25.8 Å². The van der Waals surface area contributed by atoms with Gasteiger partial charge in [0.25, 0.3) is 5.91 Å². The Morgan fingerprint density at radius 3 is 2.67 bits per heavy atom. The number of alkyl halides is 3. The van der Waals surface area contributed by atoms with E-state index in [0.717, 1.165) is 6.20 Å². The van der Waals surface area contributed by atoms with Gasteiger partial charge in [0, 0.05) is 19.1 Å². The predicted molar refractivity (Wildman–Crippen MR) is 83.3 cm³/mol. The van der Waals surface area contributed by atoms with Crippen molar-refractivity contribution in [1.82, 2.24) is 10.3 Å². The maximum atomic E-state index is 12.6. The van der Waals surface area contributed by atoms with Crippen LogP contribution >= 0.6 is 11.3 Å². The number of amides is 1. The van der Waals surface area contributed by atoms with Crippen molar-refractivity contribution in [2.24, 2.45) is 0 Å². The molecule has 0 spiro atoms. The molecule has 0 atom stereocenters. The molecule has 0 bridgehead atoms. The predicted octanol–water partition coefficient (Wildman–Crippen LogP) is 3.46. The molecule has 1 amide bonds. The minimum absolute atomic E-state index is 0.00917. The molecule has 1 N–H and O–H groups in total. The molecule has 24 heavy (non-hydrogen) atoms. The number of aromatic nitrogens is 1. The van der Waals surface area contributed by atoms with Crippen LogP contribution in [0.5, 0.6) is 0 Å². The molecular weight excluding hydrogens is 343 g/mol. The lowest BCUT2D eigenvalue weighted by Crippen LogP contribution is -2.44. The lowest BCUT2D eigenvalue weighted by atomic mass is 10.0. The molecule has 1 aliphatic heterocycles. The summed E-state index contributed by atoms with van der Waals surface area (Å²) in [6.07, 6.45) is -0.707. The molecule has 0 aliphatic carbocycles. The maximum absolute atomic E-state index is 12.6. The van der Waals surface area contributed by atoms with Crippen molar-refractivity contribution in [3.63, 3.8) is 0 Å². The minimum Gasteiger partial charge on any atom is -0.469 e. The van der Waals surface area contributed by atoms with Crippen LogP contribution in [-0.4, -0.2) is 30.0 Å². The number of carbonyl (C=O) groups is 1. The fraction of sp³-hybridized carbons (Fsp3) is 0.467. The summed E-state index contributed by atoms with van der Waals surface area (Å²) in [6.45, 7) is 2.83. The van der Waals surface area contributed by atoms with Crippen molar-refractivity contribution in [3.05, 3.63) is 34.7 Å². The molecule has 0 saturated carbocycles. The first-order valence-electron chi connectivity index (χ1n) is 7.47. The average molecular weight is 359 g/mol. The molecule has 2 aromatic heterocycles. The van der Waals surface area contributed by atoms with Crippen LogP contribution in [0.4, 0.5) is 18.3 Å². The lowest BCUT2D eigenvalue weighted by molar-refractivity contribution is -0.134. The van der Waals surface area contributed by atoms with Crippen molar-refractivity contribution >= 4 is 22.4 Å². The fourth-order valence-electron chi connectivity index (χ4n) is 2.64. The highest BCUT2D eigenvalue weighted by Gasteiger charge is 2.34. The second kappa shape index (κ2) is 6.46. The molecule has 0 radical (unpaired) electrons. The van der Waals surface area contributed by atoms with Gasteiger partial charge in [-0.1, -0.05) is 11.3 Å². The van der Waals surface area contributed by atoms with Crippen LogP contribution in [0.15, 0.2) is 22.9 Å². The Balaban J connectivity index is 1.55. The van der Waals surface area contributed by atoms with E-state index in [4.69, 9.17) is 4.42 Å². The number of halogens is 3. The molecule has 2 aromatic rings. The summed E-state index contributed by atoms with van der Waals surface area (Å²) in [5.41, 5.74) is 0.507. The number of anilines is 1. The van der Waals surface area contributed by atoms with Gasteiger partial charge >= 0.3 is 6.18 Å². The summed E-state index contributed by atoms with van der Waals surface area (Å²) < 4.78 is 43.0. The number of carbonyl (C=O) groups excluding carboxylic acids is 1. The topological polar surface area (TPSA) is 58.4 Å². The van der Waals surface area contributed by atoms with Crippen LogP contribution in [-0.2, 0) is 6.18 Å². The van der Waals surface area contributed by atoms with E-state index in [1.807, 2.05) is 4.90 Å². The summed E-state index contributed by atoms with van der Waals surface area (Å²) in [6, 6.07) is 1.61. The highest BCUT2D eigenvalue weighted by molar-refractivity contribution is 7.15. The molecule has 5 nitrogen and oxygen atoms in total. The quantitative estimate of drug-likeness (QED) is 0.912. The summed E-state index contributed by atoms with van der Waals surface area (Å²) in [4.78, 5) is 17.1. The van der Waals surface area contributed by atoms with Crippen LogP contribution in [0, 0.1) is 6.92 Å². The molecule has 1 fully saturated rings. The van der Waals surface area contributed by atoms with Crippen molar-refractivity contribution in [2.45, 2.75) is 32.0 Å². The zero-order chi connectivity index (χ0) is 17.3. The Hall–Kier alpha value is -2.03. The fourth-order valence-corrected chi connectivity index (χ4v) is 3.48. The summed E-state index contributed by atoms with van der Waals surface area (Å²) in [7, 11) is 0. The molecule has 130 valence electrons. The molecule has 1 saturated heterocycles. The van der Waals surface area contributed by atoms with Crippen LogP contribution in [0.1, 0.15) is 33.8 Å². The highest BCUT2D eigenvalue weighted by atomic mass is 32.1. The van der Waals surface area contributed by atoms with E-state index in [1.165, 1.54) is 6.26 Å². The van der Waals surface area contributed by atoms with Crippen molar-refractivity contribution in [1.29, 1.82) is 0 Å². The SMILES string of the molecule is Cc1occc1C(=O)NC1CCN(c2ncc(C(F)(F)F)s2)CC1. The van der Waals surface area contributed by atoms with Crippen LogP contribution in [0.2, 0.25) is 0 Å². The van der Waals surface area contributed by atoms with E-state index in [2.05, 4.69) is 10.3 Å². The van der Waals surface area contributed by atoms with Crippen molar-refractivity contribution in [3.8, 4) is 0 Å². The number of piperidine rings is 1. The van der Waals surface area contributed by atoms with E-state index in [0.29, 0.717) is 53.7 Å². The van der Waals surface area contributed by atoms with E-state index >= 15 is 0 Å². The molecular formula is C15H16F3N3O2S. The molecule has 0 aromatic carbocycles. The van der Waals surface area contributed by atoms with Crippen LogP contribution in [0.25, 0.3) is 0 Å². The van der Waals surface area contributed by atoms with Gasteiger partial charge < -0.3 is 14.6 Å².